The summed E-state index contributed by atoms with van der Waals surface area (Å²) in [6.45, 7) is 0. The summed E-state index contributed by atoms with van der Waals surface area (Å²) < 4.78 is 0. The number of benzene rings is 1. The summed E-state index contributed by atoms with van der Waals surface area (Å²) in [7, 11) is 0. The van der Waals surface area contributed by atoms with E-state index in [1.165, 1.54) is 6.33 Å². The number of aromatic nitrogens is 2. The van der Waals surface area contributed by atoms with Gasteiger partial charge < -0.3 is 11.1 Å². The molecule has 0 radical (unpaired) electrons. The maximum absolute atomic E-state index is 8.91. The lowest BCUT2D eigenvalue weighted by molar-refractivity contribution is 1.18. The lowest BCUT2D eigenvalue weighted by Gasteiger charge is -2.06. The molecule has 86 valence electrons. The molecule has 0 aliphatic heterocycles. The number of anilines is 3. The Bertz CT molecular complexity index is 665. The van der Waals surface area contributed by atoms with Crippen molar-refractivity contribution in [3.8, 4) is 12.1 Å². The smallest absolute Gasteiger partial charge is 0.135 e. The molecule has 2 aromatic rings. The van der Waals surface area contributed by atoms with E-state index in [4.69, 9.17) is 16.3 Å². The lowest BCUT2D eigenvalue weighted by Crippen LogP contribution is -1.98. The molecule has 1 heterocycles. The van der Waals surface area contributed by atoms with Gasteiger partial charge in [0.25, 0.3) is 0 Å². The standard InChI is InChI=1S/C12H8N6/c13-5-8-1-2-10(3-9(8)6-14)18-12-4-11(15)16-7-17-12/h1-4,7H,(H3,15,16,17,18). The molecule has 0 fully saturated rings. The Morgan fingerprint density at radius 3 is 2.50 bits per heavy atom. The minimum Gasteiger partial charge on any atom is -0.384 e. The highest BCUT2D eigenvalue weighted by Crippen LogP contribution is 2.18. The third-order valence-electron chi connectivity index (χ3n) is 2.22. The lowest BCUT2D eigenvalue weighted by atomic mass is 10.1. The fourth-order valence-corrected chi connectivity index (χ4v) is 1.40. The quantitative estimate of drug-likeness (QED) is 0.818. The third-order valence-corrected chi connectivity index (χ3v) is 2.22. The monoisotopic (exact) mass is 236 g/mol. The number of nitrogens with one attached hydrogen (secondary N) is 1. The SMILES string of the molecule is N#Cc1ccc(Nc2cc(N)ncn2)cc1C#N. The Hall–Kier alpha value is -3.12. The number of rotatable bonds is 2. The molecule has 0 aliphatic rings. The minimum atomic E-state index is 0.310. The first-order chi connectivity index (χ1) is 8.72. The van der Waals surface area contributed by atoms with Crippen LogP contribution in [0.1, 0.15) is 11.1 Å². The summed E-state index contributed by atoms with van der Waals surface area (Å²) in [5, 5.41) is 20.7. The molecule has 0 aliphatic carbocycles. The predicted octanol–water partition coefficient (Wildman–Crippen LogP) is 1.55. The van der Waals surface area contributed by atoms with Gasteiger partial charge in [-0.3, -0.25) is 0 Å². The van der Waals surface area contributed by atoms with Gasteiger partial charge in [0, 0.05) is 11.8 Å². The van der Waals surface area contributed by atoms with Gasteiger partial charge in [-0.2, -0.15) is 10.5 Å². The molecular weight excluding hydrogens is 228 g/mol. The van der Waals surface area contributed by atoms with Gasteiger partial charge in [-0.05, 0) is 18.2 Å². The Morgan fingerprint density at radius 1 is 1.06 bits per heavy atom. The summed E-state index contributed by atoms with van der Waals surface area (Å²) in [6, 6.07) is 10.3. The maximum Gasteiger partial charge on any atom is 0.135 e. The number of nitrogen functional groups attached to an aromatic ring is 1. The first kappa shape index (κ1) is 11.4. The minimum absolute atomic E-state index is 0.310. The van der Waals surface area contributed by atoms with Crippen LogP contribution >= 0.6 is 0 Å². The molecule has 0 atom stereocenters. The van der Waals surface area contributed by atoms with Gasteiger partial charge in [0.1, 0.15) is 30.1 Å². The first-order valence-electron chi connectivity index (χ1n) is 5.01. The Morgan fingerprint density at radius 2 is 1.83 bits per heavy atom. The molecule has 3 N–H and O–H groups in total. The molecule has 0 saturated carbocycles. The molecule has 1 aromatic heterocycles. The predicted molar refractivity (Wildman–Crippen MR) is 65.6 cm³/mol. The second-order valence-corrected chi connectivity index (χ2v) is 3.44. The fraction of sp³-hybridized carbons (Fsp3) is 0. The van der Waals surface area contributed by atoms with E-state index in [-0.39, 0.29) is 0 Å². The van der Waals surface area contributed by atoms with Crippen molar-refractivity contribution in [3.63, 3.8) is 0 Å². The molecule has 6 nitrogen and oxygen atoms in total. The summed E-state index contributed by atoms with van der Waals surface area (Å²) in [4.78, 5) is 7.76. The Kier molecular flexibility index (Phi) is 3.04. The second-order valence-electron chi connectivity index (χ2n) is 3.44. The van der Waals surface area contributed by atoms with Crippen molar-refractivity contribution in [2.24, 2.45) is 0 Å². The summed E-state index contributed by atoms with van der Waals surface area (Å²) in [5.41, 5.74) is 6.83. The van der Waals surface area contributed by atoms with Crippen LogP contribution in [0.15, 0.2) is 30.6 Å². The van der Waals surface area contributed by atoms with E-state index < -0.39 is 0 Å². The van der Waals surface area contributed by atoms with Crippen molar-refractivity contribution >= 4 is 17.3 Å². The van der Waals surface area contributed by atoms with Crippen LogP contribution in [0.2, 0.25) is 0 Å². The summed E-state index contributed by atoms with van der Waals surface area (Å²) >= 11 is 0. The van der Waals surface area contributed by atoms with Crippen molar-refractivity contribution < 1.29 is 0 Å². The van der Waals surface area contributed by atoms with Crippen LogP contribution in [0.4, 0.5) is 17.3 Å². The van der Waals surface area contributed by atoms with Crippen LogP contribution < -0.4 is 11.1 Å². The molecule has 0 saturated heterocycles. The average molecular weight is 236 g/mol. The van der Waals surface area contributed by atoms with Gasteiger partial charge in [0.2, 0.25) is 0 Å². The third kappa shape index (κ3) is 2.34. The Labute approximate surface area is 103 Å². The first-order valence-corrected chi connectivity index (χ1v) is 5.01. The molecule has 0 amide bonds. The number of nitrogens with two attached hydrogens (primary N) is 1. The number of hydrogen-bond donors (Lipinski definition) is 2. The van der Waals surface area contributed by atoms with Crippen molar-refractivity contribution in [2.75, 3.05) is 11.1 Å². The van der Waals surface area contributed by atoms with Crippen LogP contribution in [0.25, 0.3) is 0 Å². The van der Waals surface area contributed by atoms with Crippen LogP contribution in [-0.4, -0.2) is 9.97 Å². The van der Waals surface area contributed by atoms with Crippen molar-refractivity contribution in [3.05, 3.63) is 41.7 Å². The van der Waals surface area contributed by atoms with Crippen LogP contribution in [0, 0.1) is 22.7 Å². The van der Waals surface area contributed by atoms with Crippen molar-refractivity contribution in [2.45, 2.75) is 0 Å². The van der Waals surface area contributed by atoms with Gasteiger partial charge >= 0.3 is 0 Å². The van der Waals surface area contributed by atoms with E-state index in [0.717, 1.165) is 0 Å². The average Bonchev–Trinajstić information content (AvgIpc) is 2.38. The van der Waals surface area contributed by atoms with E-state index in [1.54, 1.807) is 24.3 Å². The highest BCUT2D eigenvalue weighted by Gasteiger charge is 2.03. The topological polar surface area (TPSA) is 111 Å². The normalized spacial score (nSPS) is 9.22. The number of hydrogen-bond acceptors (Lipinski definition) is 6. The second kappa shape index (κ2) is 4.81. The van der Waals surface area contributed by atoms with Crippen LogP contribution in [0.3, 0.4) is 0 Å². The van der Waals surface area contributed by atoms with Crippen molar-refractivity contribution in [1.82, 2.24) is 9.97 Å². The van der Waals surface area contributed by atoms with Crippen molar-refractivity contribution in [1.29, 1.82) is 10.5 Å². The van der Waals surface area contributed by atoms with E-state index in [2.05, 4.69) is 15.3 Å². The number of nitrogens with zero attached hydrogens (tertiary/aromatic N) is 4. The Balaban J connectivity index is 2.31. The maximum atomic E-state index is 8.91. The molecule has 1 aromatic carbocycles. The van der Waals surface area contributed by atoms with Gasteiger partial charge in [-0.15, -0.1) is 0 Å². The van der Waals surface area contributed by atoms with E-state index >= 15 is 0 Å². The summed E-state index contributed by atoms with van der Waals surface area (Å²) in [5.74, 6) is 0.873. The molecule has 2 rings (SSSR count). The summed E-state index contributed by atoms with van der Waals surface area (Å²) in [6.07, 6.45) is 1.34. The fourth-order valence-electron chi connectivity index (χ4n) is 1.40. The molecular formula is C12H8N6. The number of nitriles is 2. The zero-order valence-electron chi connectivity index (χ0n) is 9.25. The zero-order chi connectivity index (χ0) is 13.0. The van der Waals surface area contributed by atoms with Crippen LogP contribution in [-0.2, 0) is 0 Å². The molecule has 6 heteroatoms. The molecule has 18 heavy (non-hydrogen) atoms. The van der Waals surface area contributed by atoms with E-state index in [1.807, 2.05) is 12.1 Å². The highest BCUT2D eigenvalue weighted by atomic mass is 15.0. The highest BCUT2D eigenvalue weighted by molar-refractivity contribution is 5.62. The van der Waals surface area contributed by atoms with E-state index in [0.29, 0.717) is 28.5 Å². The van der Waals surface area contributed by atoms with Gasteiger partial charge in [0.05, 0.1) is 11.1 Å². The zero-order valence-corrected chi connectivity index (χ0v) is 9.25. The molecule has 0 bridgehead atoms. The van der Waals surface area contributed by atoms with Crippen LogP contribution in [0.5, 0.6) is 0 Å². The van der Waals surface area contributed by atoms with Gasteiger partial charge in [0.15, 0.2) is 0 Å². The van der Waals surface area contributed by atoms with Gasteiger partial charge in [-0.25, -0.2) is 9.97 Å². The van der Waals surface area contributed by atoms with Gasteiger partial charge in [-0.1, -0.05) is 0 Å². The largest absolute Gasteiger partial charge is 0.384 e. The van der Waals surface area contributed by atoms with E-state index in [9.17, 15) is 0 Å². The molecule has 0 unspecified atom stereocenters. The molecule has 0 spiro atoms.